The highest BCUT2D eigenvalue weighted by Gasteiger charge is 2.01. The monoisotopic (exact) mass is 313 g/mol. The average Bonchev–Trinajstić information content (AvgIpc) is 2.42. The van der Waals surface area contributed by atoms with Gasteiger partial charge in [0.2, 0.25) is 0 Å². The Bertz CT molecular complexity index is 357. The normalized spacial score (nSPS) is 11.2. The fourth-order valence-corrected chi connectivity index (χ4v) is 2.84. The van der Waals surface area contributed by atoms with Crippen molar-refractivity contribution < 1.29 is 0 Å². The molecule has 0 saturated heterocycles. The molecule has 1 aromatic rings. The van der Waals surface area contributed by atoms with Crippen LogP contribution in [0.15, 0.2) is 24.3 Å². The Morgan fingerprint density at radius 1 is 1.00 bits per heavy atom. The van der Waals surface area contributed by atoms with Gasteiger partial charge in [0, 0.05) is 11.6 Å². The largest absolute Gasteiger partial charge is 0.302 e. The maximum Gasteiger partial charge on any atom is 0.0409 e. The number of unbranched alkanes of at least 4 members (excludes halogenated alkanes) is 6. The molecule has 1 nitrogen and oxygen atoms in total. The number of nitrogens with zero attached hydrogens (tertiary/aromatic N) is 1. The van der Waals surface area contributed by atoms with Crippen LogP contribution in [-0.2, 0) is 6.54 Å². The lowest BCUT2D eigenvalue weighted by molar-refractivity contribution is 0.316. The van der Waals surface area contributed by atoms with Crippen molar-refractivity contribution in [3.8, 4) is 0 Å². The molecule has 0 aliphatic rings. The van der Waals surface area contributed by atoms with Gasteiger partial charge in [-0.25, -0.2) is 0 Å². The highest BCUT2D eigenvalue weighted by atomic mass is 35.5. The Labute approximate surface area is 135 Å². The Morgan fingerprint density at radius 3 is 2.30 bits per heavy atom. The van der Waals surface area contributed by atoms with Crippen LogP contribution in [0.4, 0.5) is 0 Å². The van der Waals surface area contributed by atoms with E-state index in [9.17, 15) is 0 Å². The topological polar surface area (TPSA) is 3.24 Å². The third kappa shape index (κ3) is 8.89. The van der Waals surface area contributed by atoms with E-state index in [1.807, 2.05) is 12.1 Å². The molecule has 0 atom stereocenters. The number of hydrogen-bond acceptors (Lipinski definition) is 2. The molecule has 0 amide bonds. The zero-order chi connectivity index (χ0) is 14.6. The smallest absolute Gasteiger partial charge is 0.0409 e. The van der Waals surface area contributed by atoms with E-state index in [2.05, 4.69) is 36.7 Å². The maximum absolute atomic E-state index is 6.00. The Kier molecular flexibility index (Phi) is 10.3. The molecule has 0 aliphatic carbocycles. The van der Waals surface area contributed by atoms with Crippen molar-refractivity contribution >= 4 is 24.2 Å². The van der Waals surface area contributed by atoms with E-state index in [0.29, 0.717) is 0 Å². The Balaban J connectivity index is 2.01. The van der Waals surface area contributed by atoms with Crippen LogP contribution < -0.4 is 0 Å². The predicted octanol–water partition coefficient (Wildman–Crippen LogP) is 5.43. The van der Waals surface area contributed by atoms with Gasteiger partial charge >= 0.3 is 0 Å². The molecule has 0 saturated carbocycles. The van der Waals surface area contributed by atoms with E-state index in [1.165, 1.54) is 57.1 Å². The standard InChI is InChI=1S/C17H28ClNS/c1-19(15-16-10-9-11-17(18)14-16)12-7-5-3-2-4-6-8-13-20/h9-11,14,20H,2-8,12-13,15H2,1H3. The number of hydrogen-bond donors (Lipinski definition) is 1. The number of halogens is 1. The van der Waals surface area contributed by atoms with Gasteiger partial charge in [0.05, 0.1) is 0 Å². The minimum atomic E-state index is 0.831. The minimum Gasteiger partial charge on any atom is -0.302 e. The van der Waals surface area contributed by atoms with Crippen molar-refractivity contribution in [3.63, 3.8) is 0 Å². The third-order valence-electron chi connectivity index (χ3n) is 3.54. The van der Waals surface area contributed by atoms with Gasteiger partial charge in [0.25, 0.3) is 0 Å². The maximum atomic E-state index is 6.00. The first-order valence-electron chi connectivity index (χ1n) is 7.76. The van der Waals surface area contributed by atoms with Crippen LogP contribution in [0.1, 0.15) is 50.5 Å². The highest BCUT2D eigenvalue weighted by molar-refractivity contribution is 7.80. The van der Waals surface area contributed by atoms with Crippen molar-refractivity contribution in [1.82, 2.24) is 4.90 Å². The molecular weight excluding hydrogens is 286 g/mol. The summed E-state index contributed by atoms with van der Waals surface area (Å²) in [5.41, 5.74) is 1.30. The lowest BCUT2D eigenvalue weighted by Crippen LogP contribution is -2.19. The van der Waals surface area contributed by atoms with Crippen molar-refractivity contribution in [2.24, 2.45) is 0 Å². The number of thiol groups is 1. The zero-order valence-electron chi connectivity index (χ0n) is 12.7. The van der Waals surface area contributed by atoms with Gasteiger partial charge in [-0.15, -0.1) is 0 Å². The van der Waals surface area contributed by atoms with Crippen molar-refractivity contribution in [2.45, 2.75) is 51.5 Å². The summed E-state index contributed by atoms with van der Waals surface area (Å²) < 4.78 is 0. The average molecular weight is 314 g/mol. The summed E-state index contributed by atoms with van der Waals surface area (Å²) in [4.78, 5) is 2.38. The second-order valence-corrected chi connectivity index (χ2v) is 6.45. The molecule has 0 fully saturated rings. The Hall–Kier alpha value is -0.180. The number of benzene rings is 1. The van der Waals surface area contributed by atoms with Crippen LogP contribution in [0.2, 0.25) is 5.02 Å². The van der Waals surface area contributed by atoms with Crippen LogP contribution in [0.5, 0.6) is 0 Å². The molecule has 0 aromatic heterocycles. The van der Waals surface area contributed by atoms with Crippen LogP contribution in [0, 0.1) is 0 Å². The van der Waals surface area contributed by atoms with Gasteiger partial charge in [0.15, 0.2) is 0 Å². The molecule has 0 unspecified atom stereocenters. The SMILES string of the molecule is CN(CCCCCCCCCS)Cc1cccc(Cl)c1. The molecule has 1 rings (SSSR count). The summed E-state index contributed by atoms with van der Waals surface area (Å²) in [6.45, 7) is 2.16. The van der Waals surface area contributed by atoms with Gasteiger partial charge in [-0.05, 0) is 49.9 Å². The van der Waals surface area contributed by atoms with Crippen LogP contribution in [0.3, 0.4) is 0 Å². The molecule has 0 radical (unpaired) electrons. The molecule has 1 aromatic carbocycles. The van der Waals surface area contributed by atoms with E-state index >= 15 is 0 Å². The summed E-state index contributed by atoms with van der Waals surface area (Å²) >= 11 is 10.2. The molecule has 0 spiro atoms. The Morgan fingerprint density at radius 2 is 1.65 bits per heavy atom. The van der Waals surface area contributed by atoms with Gasteiger partial charge in [-0.2, -0.15) is 12.6 Å². The van der Waals surface area contributed by atoms with Crippen molar-refractivity contribution in [1.29, 1.82) is 0 Å². The summed E-state index contributed by atoms with van der Waals surface area (Å²) in [6, 6.07) is 8.15. The number of rotatable bonds is 11. The molecule has 3 heteroatoms. The van der Waals surface area contributed by atoms with Crippen LogP contribution >= 0.6 is 24.2 Å². The van der Waals surface area contributed by atoms with E-state index in [1.54, 1.807) is 0 Å². The van der Waals surface area contributed by atoms with E-state index < -0.39 is 0 Å². The summed E-state index contributed by atoms with van der Waals surface area (Å²) in [6.07, 6.45) is 9.39. The van der Waals surface area contributed by atoms with Crippen molar-refractivity contribution in [2.75, 3.05) is 19.3 Å². The van der Waals surface area contributed by atoms with Gasteiger partial charge < -0.3 is 4.90 Å². The molecule has 0 N–H and O–H groups in total. The lowest BCUT2D eigenvalue weighted by atomic mass is 10.1. The predicted molar refractivity (Wildman–Crippen MR) is 94.0 cm³/mol. The summed E-state index contributed by atoms with van der Waals surface area (Å²) in [5, 5.41) is 0.831. The van der Waals surface area contributed by atoms with Gasteiger partial charge in [0.1, 0.15) is 0 Å². The van der Waals surface area contributed by atoms with Crippen molar-refractivity contribution in [3.05, 3.63) is 34.9 Å². The zero-order valence-corrected chi connectivity index (χ0v) is 14.3. The van der Waals surface area contributed by atoms with E-state index in [0.717, 1.165) is 17.3 Å². The summed E-state index contributed by atoms with van der Waals surface area (Å²) in [7, 11) is 2.19. The van der Waals surface area contributed by atoms with Gasteiger partial charge in [-0.3, -0.25) is 0 Å². The molecule has 0 aliphatic heterocycles. The fraction of sp³-hybridized carbons (Fsp3) is 0.647. The van der Waals surface area contributed by atoms with Crippen LogP contribution in [0.25, 0.3) is 0 Å². The quantitative estimate of drug-likeness (QED) is 0.421. The molecule has 114 valence electrons. The third-order valence-corrected chi connectivity index (χ3v) is 4.09. The first-order chi connectivity index (χ1) is 9.72. The minimum absolute atomic E-state index is 0.831. The first kappa shape index (κ1) is 17.9. The highest BCUT2D eigenvalue weighted by Crippen LogP contribution is 2.13. The van der Waals surface area contributed by atoms with Gasteiger partial charge in [-0.1, -0.05) is 55.8 Å². The summed E-state index contributed by atoms with van der Waals surface area (Å²) in [5.74, 6) is 1.04. The van der Waals surface area contributed by atoms with Crippen LogP contribution in [-0.4, -0.2) is 24.2 Å². The molecule has 20 heavy (non-hydrogen) atoms. The fourth-order valence-electron chi connectivity index (χ4n) is 2.40. The van der Waals surface area contributed by atoms with E-state index in [4.69, 9.17) is 11.6 Å². The van der Waals surface area contributed by atoms with E-state index in [-0.39, 0.29) is 0 Å². The second kappa shape index (κ2) is 11.5. The second-order valence-electron chi connectivity index (χ2n) is 5.57. The molecule has 0 bridgehead atoms. The molecular formula is C17H28ClNS. The molecule has 0 heterocycles. The first-order valence-corrected chi connectivity index (χ1v) is 8.77. The lowest BCUT2D eigenvalue weighted by Gasteiger charge is -2.16.